The fourth-order valence-electron chi connectivity index (χ4n) is 1.98. The second-order valence-electron chi connectivity index (χ2n) is 4.13. The van der Waals surface area contributed by atoms with Gasteiger partial charge in [-0.25, -0.2) is 4.39 Å². The lowest BCUT2D eigenvalue weighted by molar-refractivity contribution is -0.0697. The molecule has 0 atom stereocenters. The van der Waals surface area contributed by atoms with Crippen molar-refractivity contribution in [1.29, 1.82) is 0 Å². The normalized spacial score (nSPS) is 20.2. The van der Waals surface area contributed by atoms with Crippen LogP contribution in [0.15, 0.2) is 18.2 Å². The zero-order valence-electron chi connectivity index (χ0n) is 8.79. The summed E-state index contributed by atoms with van der Waals surface area (Å²) in [5.74, 6) is -0.320. The van der Waals surface area contributed by atoms with Gasteiger partial charge in [-0.05, 0) is 18.6 Å². The van der Waals surface area contributed by atoms with Crippen molar-refractivity contribution in [3.63, 3.8) is 0 Å². The quantitative estimate of drug-likeness (QED) is 0.769. The fraction of sp³-hybridized carbons (Fsp3) is 0.500. The predicted molar refractivity (Wildman–Crippen MR) is 55.1 cm³/mol. The van der Waals surface area contributed by atoms with E-state index in [2.05, 4.69) is 0 Å². The average molecular weight is 210 g/mol. The van der Waals surface area contributed by atoms with Gasteiger partial charge in [-0.15, -0.1) is 0 Å². The van der Waals surface area contributed by atoms with E-state index in [4.69, 9.17) is 4.74 Å². The number of hydrogen-bond acceptors (Lipinski definition) is 2. The van der Waals surface area contributed by atoms with Gasteiger partial charge in [0.15, 0.2) is 0 Å². The first-order chi connectivity index (χ1) is 7.12. The first-order valence-corrected chi connectivity index (χ1v) is 5.19. The minimum atomic E-state index is -1.05. The average Bonchev–Trinajstić information content (AvgIpc) is 2.18. The summed E-state index contributed by atoms with van der Waals surface area (Å²) >= 11 is 0. The molecule has 0 radical (unpaired) electrons. The van der Waals surface area contributed by atoms with Crippen molar-refractivity contribution < 1.29 is 14.2 Å². The van der Waals surface area contributed by atoms with E-state index in [0.29, 0.717) is 31.6 Å². The lowest BCUT2D eigenvalue weighted by Gasteiger charge is -2.32. The summed E-state index contributed by atoms with van der Waals surface area (Å²) in [5.41, 5.74) is 0.221. The molecule has 0 spiro atoms. The van der Waals surface area contributed by atoms with E-state index < -0.39 is 5.60 Å². The van der Waals surface area contributed by atoms with Crippen molar-refractivity contribution in [1.82, 2.24) is 0 Å². The Morgan fingerprint density at radius 3 is 2.60 bits per heavy atom. The monoisotopic (exact) mass is 210 g/mol. The first-order valence-electron chi connectivity index (χ1n) is 5.19. The molecule has 3 heteroatoms. The second kappa shape index (κ2) is 3.91. The van der Waals surface area contributed by atoms with Crippen LogP contribution >= 0.6 is 0 Å². The summed E-state index contributed by atoms with van der Waals surface area (Å²) in [7, 11) is 0. The summed E-state index contributed by atoms with van der Waals surface area (Å²) < 4.78 is 18.8. The van der Waals surface area contributed by atoms with Gasteiger partial charge in [-0.3, -0.25) is 0 Å². The molecular formula is C12H15FO2. The van der Waals surface area contributed by atoms with Crippen LogP contribution in [0.5, 0.6) is 0 Å². The van der Waals surface area contributed by atoms with Gasteiger partial charge < -0.3 is 9.84 Å². The Hall–Kier alpha value is -0.930. The third-order valence-electron chi connectivity index (χ3n) is 2.95. The maximum absolute atomic E-state index is 13.7. The number of halogens is 1. The Bertz CT molecular complexity index is 357. The maximum Gasteiger partial charge on any atom is 0.129 e. The largest absolute Gasteiger partial charge is 0.385 e. The van der Waals surface area contributed by atoms with Crippen molar-refractivity contribution in [2.24, 2.45) is 0 Å². The van der Waals surface area contributed by atoms with Gasteiger partial charge >= 0.3 is 0 Å². The molecule has 0 aromatic heterocycles. The van der Waals surface area contributed by atoms with E-state index in [0.717, 1.165) is 5.56 Å². The fourth-order valence-corrected chi connectivity index (χ4v) is 1.98. The number of aliphatic hydroxyl groups is 1. The van der Waals surface area contributed by atoms with Crippen LogP contribution in [-0.2, 0) is 10.3 Å². The SMILES string of the molecule is Cc1ccc(C2(O)CCOCC2)c(F)c1. The molecule has 1 aromatic rings. The highest BCUT2D eigenvalue weighted by atomic mass is 19.1. The molecule has 1 heterocycles. The van der Waals surface area contributed by atoms with Gasteiger partial charge in [-0.1, -0.05) is 12.1 Å². The molecule has 0 unspecified atom stereocenters. The van der Waals surface area contributed by atoms with E-state index in [1.165, 1.54) is 6.07 Å². The molecule has 1 aliphatic heterocycles. The van der Waals surface area contributed by atoms with Crippen LogP contribution < -0.4 is 0 Å². The molecule has 15 heavy (non-hydrogen) atoms. The third kappa shape index (κ3) is 2.03. The van der Waals surface area contributed by atoms with Crippen molar-refractivity contribution in [3.8, 4) is 0 Å². The number of hydrogen-bond donors (Lipinski definition) is 1. The minimum Gasteiger partial charge on any atom is -0.385 e. The molecule has 1 aliphatic rings. The topological polar surface area (TPSA) is 29.5 Å². The number of benzene rings is 1. The van der Waals surface area contributed by atoms with Crippen LogP contribution in [0.4, 0.5) is 4.39 Å². The molecule has 1 N–H and O–H groups in total. The highest BCUT2D eigenvalue weighted by Gasteiger charge is 2.33. The first kappa shape index (κ1) is 10.6. The van der Waals surface area contributed by atoms with Crippen LogP contribution in [0.3, 0.4) is 0 Å². The molecule has 1 saturated heterocycles. The van der Waals surface area contributed by atoms with Crippen LogP contribution in [0.25, 0.3) is 0 Å². The van der Waals surface area contributed by atoms with Crippen molar-refractivity contribution in [2.45, 2.75) is 25.4 Å². The summed E-state index contributed by atoms with van der Waals surface area (Å²) in [4.78, 5) is 0. The van der Waals surface area contributed by atoms with Crippen LogP contribution in [0.1, 0.15) is 24.0 Å². The highest BCUT2D eigenvalue weighted by Crippen LogP contribution is 2.33. The van der Waals surface area contributed by atoms with E-state index >= 15 is 0 Å². The van der Waals surface area contributed by atoms with Gasteiger partial charge in [0.05, 0.1) is 5.60 Å². The van der Waals surface area contributed by atoms with Gasteiger partial charge in [0.25, 0.3) is 0 Å². The summed E-state index contributed by atoms with van der Waals surface area (Å²) in [6, 6.07) is 4.96. The summed E-state index contributed by atoms with van der Waals surface area (Å²) in [5, 5.41) is 10.3. The van der Waals surface area contributed by atoms with E-state index in [1.807, 2.05) is 13.0 Å². The molecular weight excluding hydrogens is 195 g/mol. The molecule has 1 fully saturated rings. The van der Waals surface area contributed by atoms with Crippen LogP contribution in [0, 0.1) is 12.7 Å². The summed E-state index contributed by atoms with van der Waals surface area (Å²) in [6.45, 7) is 2.81. The molecule has 2 nitrogen and oxygen atoms in total. The lowest BCUT2D eigenvalue weighted by Crippen LogP contribution is -2.34. The maximum atomic E-state index is 13.7. The van der Waals surface area contributed by atoms with Crippen LogP contribution in [0.2, 0.25) is 0 Å². The zero-order valence-corrected chi connectivity index (χ0v) is 8.79. The van der Waals surface area contributed by atoms with E-state index in [1.54, 1.807) is 6.07 Å². The Kier molecular flexibility index (Phi) is 2.76. The van der Waals surface area contributed by atoms with E-state index in [-0.39, 0.29) is 5.82 Å². The van der Waals surface area contributed by atoms with Crippen molar-refractivity contribution >= 4 is 0 Å². The minimum absolute atomic E-state index is 0.320. The molecule has 0 aliphatic carbocycles. The molecule has 82 valence electrons. The Morgan fingerprint density at radius 2 is 2.00 bits per heavy atom. The Morgan fingerprint density at radius 1 is 1.33 bits per heavy atom. The lowest BCUT2D eigenvalue weighted by atomic mass is 9.86. The molecule has 1 aromatic carbocycles. The smallest absolute Gasteiger partial charge is 0.129 e. The standard InChI is InChI=1S/C12H15FO2/c1-9-2-3-10(11(13)8-9)12(14)4-6-15-7-5-12/h2-3,8,14H,4-7H2,1H3. The molecule has 0 saturated carbocycles. The van der Waals surface area contributed by atoms with E-state index in [9.17, 15) is 9.50 Å². The second-order valence-corrected chi connectivity index (χ2v) is 4.13. The number of rotatable bonds is 1. The van der Waals surface area contributed by atoms with Crippen LogP contribution in [-0.4, -0.2) is 18.3 Å². The van der Waals surface area contributed by atoms with Gasteiger partial charge in [0.1, 0.15) is 5.82 Å². The third-order valence-corrected chi connectivity index (χ3v) is 2.95. The van der Waals surface area contributed by atoms with Crippen molar-refractivity contribution in [2.75, 3.05) is 13.2 Å². The summed E-state index contributed by atoms with van der Waals surface area (Å²) in [6.07, 6.45) is 0.931. The van der Waals surface area contributed by atoms with Crippen molar-refractivity contribution in [3.05, 3.63) is 35.1 Å². The Balaban J connectivity index is 2.35. The van der Waals surface area contributed by atoms with Gasteiger partial charge in [0.2, 0.25) is 0 Å². The number of ether oxygens (including phenoxy) is 1. The zero-order chi connectivity index (χ0) is 10.9. The Labute approximate surface area is 88.7 Å². The molecule has 2 rings (SSSR count). The van der Waals surface area contributed by atoms with Gasteiger partial charge in [-0.2, -0.15) is 0 Å². The predicted octanol–water partition coefficient (Wildman–Crippen LogP) is 2.13. The highest BCUT2D eigenvalue weighted by molar-refractivity contribution is 5.28. The number of aryl methyl sites for hydroxylation is 1. The molecule has 0 bridgehead atoms. The van der Waals surface area contributed by atoms with Gasteiger partial charge in [0, 0.05) is 31.6 Å². The molecule has 0 amide bonds.